The zero-order chi connectivity index (χ0) is 25.2. The smallest absolute Gasteiger partial charge is 0.434 e. The van der Waals surface area contributed by atoms with Crippen molar-refractivity contribution >= 4 is 39.2 Å². The lowest BCUT2D eigenvalue weighted by Crippen LogP contribution is -2.12. The topological polar surface area (TPSA) is 69.7 Å². The zero-order valence-electron chi connectivity index (χ0n) is 20.9. The highest BCUT2D eigenvalue weighted by atomic mass is 35.5. The molecule has 196 valence electrons. The summed E-state index contributed by atoms with van der Waals surface area (Å²) in [4.78, 5) is 11.8. The number of unbranched alkanes of at least 4 members (excludes halogenated alkanes) is 15. The third-order valence-corrected chi connectivity index (χ3v) is 7.46. The SMILES string of the molecule is CCCCCCCCCCCCCCCCCCOC(=O)Oc1c(Cl)cc(S(C)(=O)=O)cc1Cl. The van der Waals surface area contributed by atoms with Crippen molar-refractivity contribution in [1.29, 1.82) is 0 Å². The fourth-order valence-electron chi connectivity index (χ4n) is 3.77. The third kappa shape index (κ3) is 14.4. The summed E-state index contributed by atoms with van der Waals surface area (Å²) in [6.07, 6.45) is 20.6. The standard InChI is InChI=1S/C26H42Cl2O5S/c1-3-4-5-6-7-8-9-10-11-12-13-14-15-16-17-18-19-32-26(29)33-25-23(27)20-22(21-24(25)28)34(2,30)31/h20-21H,3-19H2,1-2H3. The Balaban J connectivity index is 2.01. The van der Waals surface area contributed by atoms with Crippen LogP contribution >= 0.6 is 23.2 Å². The van der Waals surface area contributed by atoms with E-state index in [2.05, 4.69) is 6.92 Å². The quantitative estimate of drug-likeness (QED) is 0.1000. The fraction of sp³-hybridized carbons (Fsp3) is 0.731. The number of carbonyl (C=O) groups is 1. The van der Waals surface area contributed by atoms with Crippen LogP contribution in [0, 0.1) is 0 Å². The van der Waals surface area contributed by atoms with E-state index in [1.165, 1.54) is 95.6 Å². The van der Waals surface area contributed by atoms with E-state index in [9.17, 15) is 13.2 Å². The van der Waals surface area contributed by atoms with Gasteiger partial charge in [-0.15, -0.1) is 0 Å². The first-order valence-electron chi connectivity index (χ1n) is 12.8. The summed E-state index contributed by atoms with van der Waals surface area (Å²) in [6, 6.07) is 2.39. The first-order valence-corrected chi connectivity index (χ1v) is 15.4. The van der Waals surface area contributed by atoms with Gasteiger partial charge in [0, 0.05) is 6.26 Å². The van der Waals surface area contributed by atoms with Gasteiger partial charge in [-0.1, -0.05) is 126 Å². The summed E-state index contributed by atoms with van der Waals surface area (Å²) in [5, 5.41) is -0.125. The lowest BCUT2D eigenvalue weighted by molar-refractivity contribution is 0.0973. The van der Waals surface area contributed by atoms with E-state index in [0.717, 1.165) is 25.5 Å². The first kappa shape index (κ1) is 31.1. The Morgan fingerprint density at radius 2 is 1.12 bits per heavy atom. The molecular weight excluding hydrogens is 495 g/mol. The largest absolute Gasteiger partial charge is 0.513 e. The van der Waals surface area contributed by atoms with Gasteiger partial charge in [-0.3, -0.25) is 0 Å². The minimum Gasteiger partial charge on any atom is -0.434 e. The summed E-state index contributed by atoms with van der Waals surface area (Å²) in [6.45, 7) is 2.52. The van der Waals surface area contributed by atoms with Crippen molar-refractivity contribution < 1.29 is 22.7 Å². The van der Waals surface area contributed by atoms with Crippen molar-refractivity contribution in [3.63, 3.8) is 0 Å². The van der Waals surface area contributed by atoms with Crippen LogP contribution in [-0.4, -0.2) is 27.4 Å². The highest BCUT2D eigenvalue weighted by molar-refractivity contribution is 7.90. The predicted molar refractivity (Wildman–Crippen MR) is 141 cm³/mol. The molecule has 0 aliphatic heterocycles. The van der Waals surface area contributed by atoms with Gasteiger partial charge in [0.2, 0.25) is 0 Å². The molecule has 0 saturated carbocycles. The second-order valence-corrected chi connectivity index (χ2v) is 11.8. The molecule has 0 amide bonds. The maximum Gasteiger partial charge on any atom is 0.513 e. The van der Waals surface area contributed by atoms with E-state index in [0.29, 0.717) is 0 Å². The van der Waals surface area contributed by atoms with Crippen LogP contribution < -0.4 is 4.74 Å². The van der Waals surface area contributed by atoms with Gasteiger partial charge >= 0.3 is 6.16 Å². The van der Waals surface area contributed by atoms with E-state index >= 15 is 0 Å². The molecule has 0 atom stereocenters. The highest BCUT2D eigenvalue weighted by Crippen LogP contribution is 2.35. The van der Waals surface area contributed by atoms with Gasteiger partial charge in [0.25, 0.3) is 0 Å². The van der Waals surface area contributed by atoms with Crippen LogP contribution in [0.3, 0.4) is 0 Å². The van der Waals surface area contributed by atoms with Gasteiger partial charge in [0.1, 0.15) is 0 Å². The van der Waals surface area contributed by atoms with Crippen LogP contribution in [0.4, 0.5) is 4.79 Å². The Morgan fingerprint density at radius 3 is 1.50 bits per heavy atom. The summed E-state index contributed by atoms with van der Waals surface area (Å²) in [5.41, 5.74) is 0. The number of carbonyl (C=O) groups excluding carboxylic acids is 1. The maximum absolute atomic E-state index is 11.9. The van der Waals surface area contributed by atoms with Crippen molar-refractivity contribution in [3.8, 4) is 5.75 Å². The Kier molecular flexibility index (Phi) is 16.7. The van der Waals surface area contributed by atoms with Crippen LogP contribution in [0.25, 0.3) is 0 Å². The number of ether oxygens (including phenoxy) is 2. The van der Waals surface area contributed by atoms with E-state index in [-0.39, 0.29) is 27.3 Å². The molecule has 1 aromatic carbocycles. The van der Waals surface area contributed by atoms with Gasteiger partial charge in [-0.2, -0.15) is 0 Å². The van der Waals surface area contributed by atoms with E-state index in [1.807, 2.05) is 0 Å². The molecule has 0 heterocycles. The van der Waals surface area contributed by atoms with Crippen LogP contribution in [0.15, 0.2) is 17.0 Å². The molecular formula is C26H42Cl2O5S. The maximum atomic E-state index is 11.9. The third-order valence-electron chi connectivity index (χ3n) is 5.80. The average molecular weight is 538 g/mol. The van der Waals surface area contributed by atoms with Crippen LogP contribution in [0.5, 0.6) is 5.75 Å². The minimum atomic E-state index is -3.47. The summed E-state index contributed by atoms with van der Waals surface area (Å²) >= 11 is 12.0. The molecule has 0 aromatic heterocycles. The Morgan fingerprint density at radius 1 is 0.735 bits per heavy atom. The molecule has 0 unspecified atom stereocenters. The van der Waals surface area contributed by atoms with Gasteiger partial charge in [0.15, 0.2) is 15.6 Å². The lowest BCUT2D eigenvalue weighted by atomic mass is 10.0. The molecule has 5 nitrogen and oxygen atoms in total. The second-order valence-electron chi connectivity index (χ2n) is 8.99. The predicted octanol–water partition coefficient (Wildman–Crippen LogP) is 9.17. The number of hydrogen-bond donors (Lipinski definition) is 0. The summed E-state index contributed by atoms with van der Waals surface area (Å²) < 4.78 is 33.3. The van der Waals surface area contributed by atoms with Gasteiger partial charge < -0.3 is 9.47 Å². The normalized spacial score (nSPS) is 11.5. The van der Waals surface area contributed by atoms with E-state index in [1.54, 1.807) is 0 Å². The van der Waals surface area contributed by atoms with Crippen molar-refractivity contribution in [2.45, 2.75) is 115 Å². The van der Waals surface area contributed by atoms with E-state index < -0.39 is 16.0 Å². The van der Waals surface area contributed by atoms with Crippen molar-refractivity contribution in [1.82, 2.24) is 0 Å². The van der Waals surface area contributed by atoms with E-state index in [4.69, 9.17) is 32.7 Å². The fourth-order valence-corrected chi connectivity index (χ4v) is 5.12. The number of benzene rings is 1. The number of rotatable bonds is 19. The molecule has 0 N–H and O–H groups in total. The molecule has 0 saturated heterocycles. The molecule has 0 aliphatic rings. The molecule has 0 radical (unpaired) electrons. The Labute approximate surface area is 216 Å². The first-order chi connectivity index (χ1) is 16.3. The lowest BCUT2D eigenvalue weighted by Gasteiger charge is -2.10. The van der Waals surface area contributed by atoms with Crippen LogP contribution in [-0.2, 0) is 14.6 Å². The Bertz CT molecular complexity index is 788. The van der Waals surface area contributed by atoms with Crippen molar-refractivity contribution in [3.05, 3.63) is 22.2 Å². The summed E-state index contributed by atoms with van der Waals surface area (Å²) in [5.74, 6) is -0.104. The highest BCUT2D eigenvalue weighted by Gasteiger charge is 2.18. The van der Waals surface area contributed by atoms with Gasteiger partial charge in [-0.25, -0.2) is 13.2 Å². The monoisotopic (exact) mass is 536 g/mol. The van der Waals surface area contributed by atoms with Crippen LogP contribution in [0.2, 0.25) is 10.0 Å². The molecule has 0 aliphatic carbocycles. The molecule has 0 fully saturated rings. The van der Waals surface area contributed by atoms with Crippen LogP contribution in [0.1, 0.15) is 110 Å². The summed E-state index contributed by atoms with van der Waals surface area (Å²) in [7, 11) is -3.47. The molecule has 34 heavy (non-hydrogen) atoms. The number of hydrogen-bond acceptors (Lipinski definition) is 5. The van der Waals surface area contributed by atoms with Crippen molar-refractivity contribution in [2.24, 2.45) is 0 Å². The minimum absolute atomic E-state index is 0.0450. The molecule has 1 aromatic rings. The number of halogens is 2. The number of sulfone groups is 1. The molecule has 0 bridgehead atoms. The zero-order valence-corrected chi connectivity index (χ0v) is 23.2. The average Bonchev–Trinajstić information content (AvgIpc) is 2.77. The van der Waals surface area contributed by atoms with Crippen molar-refractivity contribution in [2.75, 3.05) is 12.9 Å². The molecule has 8 heteroatoms. The molecule has 0 spiro atoms. The second kappa shape index (κ2) is 18.3. The Hall–Kier alpha value is -0.980. The van der Waals surface area contributed by atoms with Gasteiger partial charge in [0.05, 0.1) is 21.5 Å². The van der Waals surface area contributed by atoms with Gasteiger partial charge in [-0.05, 0) is 18.6 Å². The molecule has 1 rings (SSSR count).